The molecule has 0 aliphatic carbocycles. The van der Waals surface area contributed by atoms with Gasteiger partial charge in [0.05, 0.1) is 0 Å². The van der Waals surface area contributed by atoms with Crippen LogP contribution in [-0.2, 0) is 4.79 Å². The Morgan fingerprint density at radius 2 is 1.67 bits per heavy atom. The molecule has 7 N–H and O–H groups in total. The average molecular weight is 158 g/mol. The molecule has 0 saturated heterocycles. The van der Waals surface area contributed by atoms with Crippen LogP contribution in [0.25, 0.3) is 0 Å². The number of hydrogen-bond donors (Lipinski definition) is 1. The highest BCUT2D eigenvalue weighted by molar-refractivity contribution is 6.09. The second-order valence-corrected chi connectivity index (χ2v) is 2.14. The van der Waals surface area contributed by atoms with E-state index in [-0.39, 0.29) is 16.4 Å². The maximum absolute atomic E-state index is 9.62. The van der Waals surface area contributed by atoms with Gasteiger partial charge >= 0.3 is 5.97 Å². The monoisotopic (exact) mass is 158 g/mol. The lowest BCUT2D eigenvalue weighted by molar-refractivity contribution is -0.136. The zero-order valence-electron chi connectivity index (χ0n) is 5.27. The number of aliphatic carboxylic acids is 1. The summed E-state index contributed by atoms with van der Waals surface area (Å²) in [5, 5.41) is 7.94. The molecule has 0 atom stereocenters. The van der Waals surface area contributed by atoms with Gasteiger partial charge in [-0.3, -0.25) is 4.79 Å². The zero-order chi connectivity index (χ0) is 4.99. The number of carboxylic acids is 1. The van der Waals surface area contributed by atoms with E-state index >= 15 is 0 Å². The highest BCUT2D eigenvalue weighted by Gasteiger charge is 1.87. The molecule has 0 aliphatic rings. The number of carbonyl (C=O) groups is 1. The van der Waals surface area contributed by atoms with E-state index in [2.05, 4.69) is 0 Å². The molecular weight excluding hydrogens is 144 g/mol. The van der Waals surface area contributed by atoms with Crippen LogP contribution in [0.4, 0.5) is 0 Å². The molecule has 0 fully saturated rings. The first-order chi connectivity index (χ1) is 2.77. The van der Waals surface area contributed by atoms with Crippen molar-refractivity contribution in [3.05, 3.63) is 0 Å². The Labute approximate surface area is 56.0 Å². The van der Waals surface area contributed by atoms with Gasteiger partial charge in [0.1, 0.15) is 0 Å². The minimum atomic E-state index is -0.676. The maximum Gasteiger partial charge on any atom is 0.303 e. The third kappa shape index (κ3) is 35.6. The topological polar surface area (TPSA) is 132 Å². The SMILES string of the molecule is O.O.O.O=C(O)CC[SiH3]. The van der Waals surface area contributed by atoms with E-state index in [1.165, 1.54) is 0 Å². The van der Waals surface area contributed by atoms with Crippen LogP contribution in [0, 0.1) is 0 Å². The van der Waals surface area contributed by atoms with Gasteiger partial charge in [-0.25, -0.2) is 0 Å². The van der Waals surface area contributed by atoms with Gasteiger partial charge in [0.15, 0.2) is 0 Å². The molecule has 0 heterocycles. The Kier molecular flexibility index (Phi) is 40.9. The molecule has 9 heavy (non-hydrogen) atoms. The van der Waals surface area contributed by atoms with Crippen molar-refractivity contribution in [2.75, 3.05) is 0 Å². The van der Waals surface area contributed by atoms with E-state index in [0.29, 0.717) is 6.42 Å². The molecule has 0 rings (SSSR count). The first-order valence-electron chi connectivity index (χ1n) is 1.99. The molecular formula is C3H14O5Si. The standard InChI is InChI=1S/C3H8O2Si.3H2O/c4-3(5)1-2-6;;;/h1-2H2,6H3,(H,4,5);3*1H2. The van der Waals surface area contributed by atoms with Gasteiger partial charge in [-0.15, -0.1) is 0 Å². The second-order valence-electron chi connectivity index (χ2n) is 1.14. The zero-order valence-corrected chi connectivity index (χ0v) is 7.27. The molecule has 0 aromatic rings. The molecule has 6 heteroatoms. The van der Waals surface area contributed by atoms with Crippen LogP contribution in [0.5, 0.6) is 0 Å². The summed E-state index contributed by atoms with van der Waals surface area (Å²) in [6.07, 6.45) is 0.353. The molecule has 60 valence electrons. The first-order valence-corrected chi connectivity index (χ1v) is 3.40. The number of rotatable bonds is 2. The third-order valence-electron chi connectivity index (χ3n) is 0.464. The first kappa shape index (κ1) is 23.5. The van der Waals surface area contributed by atoms with E-state index < -0.39 is 5.97 Å². The van der Waals surface area contributed by atoms with Gasteiger partial charge < -0.3 is 21.5 Å². The van der Waals surface area contributed by atoms with Crippen LogP contribution >= 0.6 is 0 Å². The molecule has 0 amide bonds. The van der Waals surface area contributed by atoms with Crippen LogP contribution in [0.15, 0.2) is 0 Å². The molecule has 5 nitrogen and oxygen atoms in total. The Morgan fingerprint density at radius 3 is 1.67 bits per heavy atom. The largest absolute Gasteiger partial charge is 0.481 e. The minimum Gasteiger partial charge on any atom is -0.481 e. The summed E-state index contributed by atoms with van der Waals surface area (Å²) in [6.45, 7) is 0. The van der Waals surface area contributed by atoms with Gasteiger partial charge in [0.25, 0.3) is 0 Å². The molecule has 0 saturated carbocycles. The molecule has 0 aromatic carbocycles. The Morgan fingerprint density at radius 1 is 1.33 bits per heavy atom. The van der Waals surface area contributed by atoms with E-state index in [0.717, 1.165) is 16.3 Å². The molecule has 0 aromatic heterocycles. The summed E-state index contributed by atoms with van der Waals surface area (Å²) in [5.41, 5.74) is 0. The van der Waals surface area contributed by atoms with Gasteiger partial charge in [-0.05, 0) is 0 Å². The van der Waals surface area contributed by atoms with E-state index in [1.807, 2.05) is 0 Å². The van der Waals surface area contributed by atoms with E-state index in [1.54, 1.807) is 0 Å². The summed E-state index contributed by atoms with van der Waals surface area (Å²) in [5.74, 6) is -0.676. The fourth-order valence-corrected chi connectivity index (χ4v) is 0.642. The van der Waals surface area contributed by atoms with Gasteiger partial charge in [0.2, 0.25) is 0 Å². The summed E-state index contributed by atoms with van der Waals surface area (Å²) >= 11 is 0. The predicted octanol–water partition coefficient (Wildman–Crippen LogP) is -3.23. The third-order valence-corrected chi connectivity index (χ3v) is 0.964. The quantitative estimate of drug-likeness (QED) is 0.423. The van der Waals surface area contributed by atoms with Crippen molar-refractivity contribution in [2.45, 2.75) is 12.5 Å². The fourth-order valence-electron chi connectivity index (χ4n) is 0.214. The van der Waals surface area contributed by atoms with Crippen LogP contribution in [0.1, 0.15) is 6.42 Å². The van der Waals surface area contributed by atoms with Crippen LogP contribution < -0.4 is 0 Å². The minimum absolute atomic E-state index is 0. The number of hydrogen-bond acceptors (Lipinski definition) is 1. The highest BCUT2D eigenvalue weighted by Crippen LogP contribution is 1.79. The van der Waals surface area contributed by atoms with Crippen molar-refractivity contribution in [1.29, 1.82) is 0 Å². The van der Waals surface area contributed by atoms with Crippen molar-refractivity contribution in [2.24, 2.45) is 0 Å². The smallest absolute Gasteiger partial charge is 0.303 e. The van der Waals surface area contributed by atoms with Crippen molar-refractivity contribution in [1.82, 2.24) is 0 Å². The normalized spacial score (nSPS) is 5.78. The summed E-state index contributed by atoms with van der Waals surface area (Å²) in [7, 11) is 1.01. The van der Waals surface area contributed by atoms with Crippen molar-refractivity contribution in [3.63, 3.8) is 0 Å². The summed E-state index contributed by atoms with van der Waals surface area (Å²) in [4.78, 5) is 9.62. The Balaban J connectivity index is -0.0000000417. The second kappa shape index (κ2) is 15.6. The molecule has 0 spiro atoms. The van der Waals surface area contributed by atoms with E-state index in [9.17, 15) is 4.79 Å². The highest BCUT2D eigenvalue weighted by atomic mass is 28.1. The van der Waals surface area contributed by atoms with E-state index in [4.69, 9.17) is 5.11 Å². The van der Waals surface area contributed by atoms with Gasteiger partial charge in [0, 0.05) is 16.7 Å². The van der Waals surface area contributed by atoms with Crippen molar-refractivity contribution in [3.8, 4) is 0 Å². The van der Waals surface area contributed by atoms with Crippen LogP contribution in [-0.4, -0.2) is 37.7 Å². The summed E-state index contributed by atoms with van der Waals surface area (Å²) in [6, 6.07) is 0.870. The average Bonchev–Trinajstić information content (AvgIpc) is 1.35. The van der Waals surface area contributed by atoms with Crippen LogP contribution in [0.3, 0.4) is 0 Å². The Bertz CT molecular complexity index is 56.2. The Hall–Kier alpha value is -0.433. The molecule has 0 unspecified atom stereocenters. The lowest BCUT2D eigenvalue weighted by atomic mass is 10.5. The predicted molar refractivity (Wildman–Crippen MR) is 37.8 cm³/mol. The molecule has 0 aliphatic heterocycles. The van der Waals surface area contributed by atoms with Gasteiger partial charge in [-0.2, -0.15) is 0 Å². The maximum atomic E-state index is 9.62. The molecule has 0 radical (unpaired) electrons. The number of carboxylic acid groups (broad SMARTS) is 1. The molecule has 0 bridgehead atoms. The fraction of sp³-hybridized carbons (Fsp3) is 0.667. The van der Waals surface area contributed by atoms with Gasteiger partial charge in [-0.1, -0.05) is 6.04 Å². The van der Waals surface area contributed by atoms with Crippen molar-refractivity contribution >= 4 is 16.2 Å². The summed E-state index contributed by atoms with van der Waals surface area (Å²) < 4.78 is 0. The van der Waals surface area contributed by atoms with Crippen LogP contribution in [0.2, 0.25) is 6.04 Å². The van der Waals surface area contributed by atoms with Crippen molar-refractivity contribution < 1.29 is 26.3 Å². The lowest BCUT2D eigenvalue weighted by Gasteiger charge is -1.79. The lowest BCUT2D eigenvalue weighted by Crippen LogP contribution is -1.91.